The van der Waals surface area contributed by atoms with Crippen molar-refractivity contribution < 1.29 is 22.7 Å². The minimum atomic E-state index is -3.72. The molecular weight excluding hydrogens is 428 g/mol. The number of aryl methyl sites for hydroxylation is 1. The number of amides is 1. The van der Waals surface area contributed by atoms with Gasteiger partial charge in [0.25, 0.3) is 5.91 Å². The van der Waals surface area contributed by atoms with E-state index in [1.54, 1.807) is 18.2 Å². The molecule has 0 aliphatic carbocycles. The molecule has 1 fully saturated rings. The van der Waals surface area contributed by atoms with Crippen molar-refractivity contribution in [2.45, 2.75) is 57.6 Å². The molecule has 7 nitrogen and oxygen atoms in total. The summed E-state index contributed by atoms with van der Waals surface area (Å²) in [5, 5.41) is 2.87. The SMILES string of the molecule is CCCCOc1ccc(NC(=O)c2cccc(S(=O)(=O)N3CC(C)OC(C)C3)c2)c(C)c1. The second-order valence-electron chi connectivity index (χ2n) is 8.24. The smallest absolute Gasteiger partial charge is 0.255 e. The third kappa shape index (κ3) is 5.88. The number of benzene rings is 2. The van der Waals surface area contributed by atoms with Gasteiger partial charge in [0.15, 0.2) is 0 Å². The highest BCUT2D eigenvalue weighted by Gasteiger charge is 2.32. The highest BCUT2D eigenvalue weighted by atomic mass is 32.2. The molecule has 8 heteroatoms. The van der Waals surface area contributed by atoms with Gasteiger partial charge in [-0.25, -0.2) is 8.42 Å². The lowest BCUT2D eigenvalue weighted by atomic mass is 10.1. The lowest BCUT2D eigenvalue weighted by Crippen LogP contribution is -2.48. The van der Waals surface area contributed by atoms with Crippen molar-refractivity contribution in [2.75, 3.05) is 25.0 Å². The van der Waals surface area contributed by atoms with Crippen molar-refractivity contribution in [2.24, 2.45) is 0 Å². The molecule has 2 aromatic carbocycles. The number of carbonyl (C=O) groups excluding carboxylic acids is 1. The van der Waals surface area contributed by atoms with Gasteiger partial charge in [0.2, 0.25) is 10.0 Å². The Hall–Kier alpha value is -2.42. The van der Waals surface area contributed by atoms with Crippen LogP contribution in [0.2, 0.25) is 0 Å². The number of hydrogen-bond donors (Lipinski definition) is 1. The second-order valence-corrected chi connectivity index (χ2v) is 10.2. The highest BCUT2D eigenvalue weighted by Crippen LogP contribution is 2.24. The molecule has 2 atom stereocenters. The van der Waals surface area contributed by atoms with Crippen molar-refractivity contribution in [3.63, 3.8) is 0 Å². The van der Waals surface area contributed by atoms with Crippen molar-refractivity contribution in [1.29, 1.82) is 0 Å². The molecule has 1 aliphatic rings. The predicted molar refractivity (Wildman–Crippen MR) is 125 cm³/mol. The minimum absolute atomic E-state index is 0.0999. The van der Waals surface area contributed by atoms with Crippen LogP contribution in [-0.4, -0.2) is 50.5 Å². The predicted octanol–water partition coefficient (Wildman–Crippen LogP) is 4.22. The maximum absolute atomic E-state index is 13.1. The zero-order valence-corrected chi connectivity index (χ0v) is 19.9. The Bertz CT molecular complexity index is 1040. The summed E-state index contributed by atoms with van der Waals surface area (Å²) in [4.78, 5) is 13.0. The topological polar surface area (TPSA) is 84.9 Å². The molecule has 1 amide bonds. The maximum Gasteiger partial charge on any atom is 0.255 e. The largest absolute Gasteiger partial charge is 0.494 e. The lowest BCUT2D eigenvalue weighted by Gasteiger charge is -2.34. The molecule has 1 heterocycles. The van der Waals surface area contributed by atoms with Gasteiger partial charge in [-0.2, -0.15) is 4.31 Å². The molecular formula is C24H32N2O5S. The third-order valence-electron chi connectivity index (χ3n) is 5.33. The van der Waals surface area contributed by atoms with Gasteiger partial charge < -0.3 is 14.8 Å². The number of unbranched alkanes of at least 4 members (excludes halogenated alkanes) is 1. The Labute approximate surface area is 190 Å². The first kappa shape index (κ1) is 24.2. The molecule has 1 N–H and O–H groups in total. The Kier molecular flexibility index (Phi) is 7.92. The fourth-order valence-electron chi connectivity index (χ4n) is 3.67. The van der Waals surface area contributed by atoms with Crippen molar-refractivity contribution in [3.8, 4) is 5.75 Å². The van der Waals surface area contributed by atoms with Crippen LogP contribution in [0.5, 0.6) is 5.75 Å². The van der Waals surface area contributed by atoms with Crippen LogP contribution in [0.4, 0.5) is 5.69 Å². The molecule has 32 heavy (non-hydrogen) atoms. The molecule has 174 valence electrons. The Morgan fingerprint density at radius 3 is 2.53 bits per heavy atom. The van der Waals surface area contributed by atoms with Crippen LogP contribution < -0.4 is 10.1 Å². The molecule has 3 rings (SSSR count). The van der Waals surface area contributed by atoms with Gasteiger partial charge in [0.05, 0.1) is 23.7 Å². The molecule has 2 unspecified atom stereocenters. The van der Waals surface area contributed by atoms with Gasteiger partial charge in [-0.15, -0.1) is 0 Å². The van der Waals surface area contributed by atoms with E-state index in [2.05, 4.69) is 12.2 Å². The Morgan fingerprint density at radius 1 is 1.16 bits per heavy atom. The summed E-state index contributed by atoms with van der Waals surface area (Å²) in [5.74, 6) is 0.393. The first-order chi connectivity index (χ1) is 15.2. The zero-order chi connectivity index (χ0) is 23.3. The van der Waals surface area contributed by atoms with Crippen LogP contribution in [-0.2, 0) is 14.8 Å². The summed E-state index contributed by atoms with van der Waals surface area (Å²) in [5.41, 5.74) is 1.80. The quantitative estimate of drug-likeness (QED) is 0.596. The van der Waals surface area contributed by atoms with Crippen LogP contribution in [0.25, 0.3) is 0 Å². The molecule has 1 saturated heterocycles. The normalized spacial score (nSPS) is 19.5. The first-order valence-corrected chi connectivity index (χ1v) is 12.4. The van der Waals surface area contributed by atoms with E-state index in [4.69, 9.17) is 9.47 Å². The number of hydrogen-bond acceptors (Lipinski definition) is 5. The summed E-state index contributed by atoms with van der Waals surface area (Å²) in [7, 11) is -3.72. The molecule has 0 bridgehead atoms. The lowest BCUT2D eigenvalue weighted by molar-refractivity contribution is -0.0440. The number of nitrogens with zero attached hydrogens (tertiary/aromatic N) is 1. The van der Waals surface area contributed by atoms with E-state index in [0.29, 0.717) is 12.3 Å². The van der Waals surface area contributed by atoms with E-state index < -0.39 is 10.0 Å². The summed E-state index contributed by atoms with van der Waals surface area (Å²) in [6.45, 7) is 8.93. The summed E-state index contributed by atoms with van der Waals surface area (Å²) < 4.78 is 39.0. The summed E-state index contributed by atoms with van der Waals surface area (Å²) in [6.07, 6.45) is 1.68. The molecule has 2 aromatic rings. The monoisotopic (exact) mass is 460 g/mol. The number of anilines is 1. The van der Waals surface area contributed by atoms with E-state index in [1.807, 2.05) is 32.9 Å². The van der Waals surface area contributed by atoms with Gasteiger partial charge in [0.1, 0.15) is 5.75 Å². The minimum Gasteiger partial charge on any atom is -0.494 e. The molecule has 0 spiro atoms. The molecule has 0 radical (unpaired) electrons. The average molecular weight is 461 g/mol. The average Bonchev–Trinajstić information content (AvgIpc) is 2.75. The van der Waals surface area contributed by atoms with Crippen LogP contribution in [0.15, 0.2) is 47.4 Å². The maximum atomic E-state index is 13.1. The Morgan fingerprint density at radius 2 is 1.88 bits per heavy atom. The fourth-order valence-corrected chi connectivity index (χ4v) is 5.31. The second kappa shape index (κ2) is 10.5. The number of nitrogens with one attached hydrogen (secondary N) is 1. The summed E-state index contributed by atoms with van der Waals surface area (Å²) in [6, 6.07) is 11.6. The van der Waals surface area contributed by atoms with Gasteiger partial charge in [-0.1, -0.05) is 19.4 Å². The van der Waals surface area contributed by atoms with E-state index in [1.165, 1.54) is 16.4 Å². The number of ether oxygens (including phenoxy) is 2. The zero-order valence-electron chi connectivity index (χ0n) is 19.1. The third-order valence-corrected chi connectivity index (χ3v) is 7.16. The van der Waals surface area contributed by atoms with E-state index in [-0.39, 0.29) is 41.7 Å². The number of morpholine rings is 1. The van der Waals surface area contributed by atoms with E-state index in [9.17, 15) is 13.2 Å². The van der Waals surface area contributed by atoms with Gasteiger partial charge >= 0.3 is 0 Å². The van der Waals surface area contributed by atoms with Crippen LogP contribution >= 0.6 is 0 Å². The van der Waals surface area contributed by atoms with Crippen molar-refractivity contribution in [1.82, 2.24) is 4.31 Å². The van der Waals surface area contributed by atoms with Crippen LogP contribution in [0, 0.1) is 6.92 Å². The van der Waals surface area contributed by atoms with Crippen molar-refractivity contribution in [3.05, 3.63) is 53.6 Å². The van der Waals surface area contributed by atoms with E-state index >= 15 is 0 Å². The van der Waals surface area contributed by atoms with Gasteiger partial charge in [-0.3, -0.25) is 4.79 Å². The fraction of sp³-hybridized carbons (Fsp3) is 0.458. The highest BCUT2D eigenvalue weighted by molar-refractivity contribution is 7.89. The standard InChI is InChI=1S/C24H32N2O5S/c1-5-6-12-30-21-10-11-23(17(2)13-21)25-24(27)20-8-7-9-22(14-20)32(28,29)26-15-18(3)31-19(4)16-26/h7-11,13-14,18-19H,5-6,12,15-16H2,1-4H3,(H,25,27). The Balaban J connectivity index is 1.74. The molecule has 0 aromatic heterocycles. The number of rotatable bonds is 8. The molecule has 0 saturated carbocycles. The number of carbonyl (C=O) groups is 1. The number of sulfonamides is 1. The summed E-state index contributed by atoms with van der Waals surface area (Å²) >= 11 is 0. The first-order valence-electron chi connectivity index (χ1n) is 11.0. The van der Waals surface area contributed by atoms with Crippen LogP contribution in [0.1, 0.15) is 49.5 Å². The van der Waals surface area contributed by atoms with Gasteiger partial charge in [-0.05, 0) is 69.2 Å². The molecule has 1 aliphatic heterocycles. The van der Waals surface area contributed by atoms with Gasteiger partial charge in [0, 0.05) is 24.3 Å². The van der Waals surface area contributed by atoms with E-state index in [0.717, 1.165) is 24.2 Å². The van der Waals surface area contributed by atoms with Crippen molar-refractivity contribution >= 4 is 21.6 Å². The van der Waals surface area contributed by atoms with Crippen LogP contribution in [0.3, 0.4) is 0 Å².